The molecule has 1 atom stereocenters. The number of amides is 1. The molecule has 0 aliphatic heterocycles. The average Bonchev–Trinajstić information content (AvgIpc) is 3.16. The summed E-state index contributed by atoms with van der Waals surface area (Å²) in [6.45, 7) is 1.33. The van der Waals surface area contributed by atoms with Crippen LogP contribution in [0.2, 0.25) is 0 Å². The lowest BCUT2D eigenvalue weighted by Gasteiger charge is -2.19. The molecule has 5 heteroatoms. The number of nitrogens with one attached hydrogen (secondary N) is 1. The standard InChI is InChI=1S/C21H24N4O/c1-24(2)16-19-12-7-6-11-18(19)15-22-21(26)20(25-14-8-13-23-25)17-9-4-3-5-10-17/h3-14,20H,15-16H2,1-2H3,(H,22,26)/t20-/m1/s1. The zero-order valence-corrected chi connectivity index (χ0v) is 15.2. The molecular formula is C21H24N4O. The first-order valence-corrected chi connectivity index (χ1v) is 8.68. The third-order valence-corrected chi connectivity index (χ3v) is 4.21. The second-order valence-electron chi connectivity index (χ2n) is 6.52. The molecule has 0 spiro atoms. The highest BCUT2D eigenvalue weighted by molar-refractivity contribution is 5.83. The van der Waals surface area contributed by atoms with Crippen LogP contribution >= 0.6 is 0 Å². The second kappa shape index (κ2) is 8.45. The maximum absolute atomic E-state index is 13.0. The molecule has 0 unspecified atom stereocenters. The number of benzene rings is 2. The van der Waals surface area contributed by atoms with Crippen molar-refractivity contribution >= 4 is 5.91 Å². The SMILES string of the molecule is CN(C)Cc1ccccc1CNC(=O)[C@@H](c1ccccc1)n1cccn1. The van der Waals surface area contributed by atoms with Crippen molar-refractivity contribution in [2.75, 3.05) is 14.1 Å². The van der Waals surface area contributed by atoms with Gasteiger partial charge >= 0.3 is 0 Å². The summed E-state index contributed by atoms with van der Waals surface area (Å²) in [5.74, 6) is -0.0699. The Morgan fingerprint density at radius 3 is 2.38 bits per heavy atom. The quantitative estimate of drug-likeness (QED) is 0.714. The van der Waals surface area contributed by atoms with Gasteiger partial charge in [0.05, 0.1) is 0 Å². The summed E-state index contributed by atoms with van der Waals surface area (Å²) in [6.07, 6.45) is 3.51. The molecule has 26 heavy (non-hydrogen) atoms. The Morgan fingerprint density at radius 1 is 1.04 bits per heavy atom. The van der Waals surface area contributed by atoms with Crippen LogP contribution in [0.3, 0.4) is 0 Å². The van der Waals surface area contributed by atoms with E-state index in [1.165, 1.54) is 5.56 Å². The highest BCUT2D eigenvalue weighted by Gasteiger charge is 2.22. The third-order valence-electron chi connectivity index (χ3n) is 4.21. The van der Waals surface area contributed by atoms with E-state index in [1.807, 2.05) is 68.8 Å². The van der Waals surface area contributed by atoms with Crippen LogP contribution in [0.5, 0.6) is 0 Å². The lowest BCUT2D eigenvalue weighted by Crippen LogP contribution is -2.33. The van der Waals surface area contributed by atoms with E-state index >= 15 is 0 Å². The van der Waals surface area contributed by atoms with Gasteiger partial charge in [-0.05, 0) is 36.9 Å². The van der Waals surface area contributed by atoms with Crippen molar-refractivity contribution in [3.05, 3.63) is 89.7 Å². The maximum atomic E-state index is 13.0. The Labute approximate surface area is 154 Å². The molecule has 1 N–H and O–H groups in total. The highest BCUT2D eigenvalue weighted by Crippen LogP contribution is 2.18. The minimum atomic E-state index is -0.479. The van der Waals surface area contributed by atoms with Gasteiger partial charge in [-0.15, -0.1) is 0 Å². The van der Waals surface area contributed by atoms with E-state index in [0.29, 0.717) is 6.54 Å². The first-order valence-electron chi connectivity index (χ1n) is 8.68. The van der Waals surface area contributed by atoms with Crippen molar-refractivity contribution in [2.24, 2.45) is 0 Å². The highest BCUT2D eigenvalue weighted by atomic mass is 16.2. The van der Waals surface area contributed by atoms with Crippen LogP contribution in [0.4, 0.5) is 0 Å². The molecule has 0 fully saturated rings. The predicted octanol–water partition coefficient (Wildman–Crippen LogP) is 2.85. The number of nitrogens with zero attached hydrogens (tertiary/aromatic N) is 3. The van der Waals surface area contributed by atoms with Gasteiger partial charge < -0.3 is 10.2 Å². The largest absolute Gasteiger partial charge is 0.350 e. The fraction of sp³-hybridized carbons (Fsp3) is 0.238. The molecule has 0 saturated heterocycles. The van der Waals surface area contributed by atoms with E-state index in [9.17, 15) is 4.79 Å². The van der Waals surface area contributed by atoms with Crippen LogP contribution in [0.1, 0.15) is 22.7 Å². The molecule has 0 aliphatic carbocycles. The van der Waals surface area contributed by atoms with Crippen LogP contribution in [0.15, 0.2) is 73.1 Å². The number of hydrogen-bond acceptors (Lipinski definition) is 3. The molecule has 1 amide bonds. The zero-order chi connectivity index (χ0) is 18.4. The number of aromatic nitrogens is 2. The van der Waals surface area contributed by atoms with Gasteiger partial charge in [0, 0.05) is 25.5 Å². The normalized spacial score (nSPS) is 12.1. The Bertz CT molecular complexity index is 828. The van der Waals surface area contributed by atoms with Crippen molar-refractivity contribution in [1.29, 1.82) is 0 Å². The summed E-state index contributed by atoms with van der Waals surface area (Å²) in [5.41, 5.74) is 3.25. The Hall–Kier alpha value is -2.92. The molecule has 1 heterocycles. The van der Waals surface area contributed by atoms with Crippen molar-refractivity contribution in [3.8, 4) is 0 Å². The van der Waals surface area contributed by atoms with Gasteiger partial charge in [-0.1, -0.05) is 54.6 Å². The summed E-state index contributed by atoms with van der Waals surface area (Å²) in [4.78, 5) is 15.1. The summed E-state index contributed by atoms with van der Waals surface area (Å²) in [7, 11) is 4.08. The fourth-order valence-corrected chi connectivity index (χ4v) is 3.00. The van der Waals surface area contributed by atoms with E-state index < -0.39 is 6.04 Å². The van der Waals surface area contributed by atoms with E-state index in [-0.39, 0.29) is 5.91 Å². The molecular weight excluding hydrogens is 324 g/mol. The zero-order valence-electron chi connectivity index (χ0n) is 15.2. The van der Waals surface area contributed by atoms with Gasteiger partial charge in [-0.3, -0.25) is 9.48 Å². The van der Waals surface area contributed by atoms with Crippen molar-refractivity contribution in [3.63, 3.8) is 0 Å². The van der Waals surface area contributed by atoms with Crippen LogP contribution in [-0.2, 0) is 17.9 Å². The number of carbonyl (C=O) groups excluding carboxylic acids is 1. The van der Waals surface area contributed by atoms with Crippen LogP contribution in [0, 0.1) is 0 Å². The Balaban J connectivity index is 1.78. The minimum Gasteiger partial charge on any atom is -0.350 e. The second-order valence-corrected chi connectivity index (χ2v) is 6.52. The van der Waals surface area contributed by atoms with E-state index in [0.717, 1.165) is 17.7 Å². The van der Waals surface area contributed by atoms with E-state index in [1.54, 1.807) is 10.9 Å². The van der Waals surface area contributed by atoms with Gasteiger partial charge in [0.1, 0.15) is 0 Å². The minimum absolute atomic E-state index is 0.0699. The smallest absolute Gasteiger partial charge is 0.249 e. The molecule has 0 radical (unpaired) electrons. The molecule has 2 aromatic carbocycles. The summed E-state index contributed by atoms with van der Waals surface area (Å²) >= 11 is 0. The van der Waals surface area contributed by atoms with Gasteiger partial charge in [0.25, 0.3) is 0 Å². The van der Waals surface area contributed by atoms with Crippen molar-refractivity contribution in [1.82, 2.24) is 20.0 Å². The first kappa shape index (κ1) is 17.9. The molecule has 5 nitrogen and oxygen atoms in total. The number of carbonyl (C=O) groups is 1. The fourth-order valence-electron chi connectivity index (χ4n) is 3.00. The molecule has 134 valence electrons. The van der Waals surface area contributed by atoms with Gasteiger partial charge in [0.2, 0.25) is 5.91 Å². The lowest BCUT2D eigenvalue weighted by molar-refractivity contribution is -0.123. The van der Waals surface area contributed by atoms with Crippen LogP contribution in [-0.4, -0.2) is 34.7 Å². The Morgan fingerprint density at radius 2 is 1.73 bits per heavy atom. The number of hydrogen-bond donors (Lipinski definition) is 1. The van der Waals surface area contributed by atoms with Crippen LogP contribution < -0.4 is 5.32 Å². The third kappa shape index (κ3) is 4.37. The molecule has 1 aromatic heterocycles. The first-order chi connectivity index (χ1) is 12.6. The summed E-state index contributed by atoms with van der Waals surface area (Å²) in [5, 5.41) is 7.36. The molecule has 0 aliphatic rings. The van der Waals surface area contributed by atoms with Crippen molar-refractivity contribution < 1.29 is 4.79 Å². The number of rotatable bonds is 7. The maximum Gasteiger partial charge on any atom is 0.249 e. The van der Waals surface area contributed by atoms with E-state index in [2.05, 4.69) is 27.4 Å². The van der Waals surface area contributed by atoms with Gasteiger partial charge in [0.15, 0.2) is 6.04 Å². The van der Waals surface area contributed by atoms with Gasteiger partial charge in [-0.2, -0.15) is 5.10 Å². The topological polar surface area (TPSA) is 50.2 Å². The lowest BCUT2D eigenvalue weighted by atomic mass is 10.0. The van der Waals surface area contributed by atoms with Gasteiger partial charge in [-0.25, -0.2) is 0 Å². The summed E-state index contributed by atoms with van der Waals surface area (Å²) in [6, 6.07) is 19.3. The molecule has 3 aromatic rings. The molecule has 3 rings (SSSR count). The van der Waals surface area contributed by atoms with Crippen molar-refractivity contribution in [2.45, 2.75) is 19.1 Å². The Kier molecular flexibility index (Phi) is 5.81. The average molecular weight is 348 g/mol. The predicted molar refractivity (Wildman–Crippen MR) is 102 cm³/mol. The monoisotopic (exact) mass is 348 g/mol. The van der Waals surface area contributed by atoms with Crippen LogP contribution in [0.25, 0.3) is 0 Å². The molecule has 0 saturated carbocycles. The summed E-state index contributed by atoms with van der Waals surface area (Å²) < 4.78 is 1.69. The molecule has 0 bridgehead atoms. The van der Waals surface area contributed by atoms with E-state index in [4.69, 9.17) is 0 Å².